The first-order chi connectivity index (χ1) is 7.47. The number of esters is 1. The minimum absolute atomic E-state index is 0.129. The van der Waals surface area contributed by atoms with Gasteiger partial charge in [-0.15, -0.1) is 0 Å². The molecule has 0 fully saturated rings. The molecule has 0 aromatic rings. The number of nitrogens with one attached hydrogen (secondary N) is 1. The van der Waals surface area contributed by atoms with Crippen LogP contribution in [0.25, 0.3) is 0 Å². The molecule has 0 aliphatic carbocycles. The SMILES string of the molecule is CCCC(=N)/C(C)=C/COC(=O)CC(C)=O. The van der Waals surface area contributed by atoms with Crippen molar-refractivity contribution in [3.05, 3.63) is 11.6 Å². The van der Waals surface area contributed by atoms with Gasteiger partial charge in [-0.05, 0) is 31.9 Å². The van der Waals surface area contributed by atoms with Gasteiger partial charge in [-0.2, -0.15) is 0 Å². The molecule has 0 saturated heterocycles. The Kier molecular flexibility index (Phi) is 7.09. The Morgan fingerprint density at radius 2 is 1.94 bits per heavy atom. The minimum atomic E-state index is -0.515. The molecular weight excluding hydrogens is 206 g/mol. The second-order valence-corrected chi connectivity index (χ2v) is 3.68. The lowest BCUT2D eigenvalue weighted by atomic mass is 10.1. The highest BCUT2D eigenvalue weighted by atomic mass is 16.5. The zero-order valence-corrected chi connectivity index (χ0v) is 10.1. The summed E-state index contributed by atoms with van der Waals surface area (Å²) in [5.74, 6) is -0.719. The average Bonchev–Trinajstić information content (AvgIpc) is 2.16. The summed E-state index contributed by atoms with van der Waals surface area (Å²) in [6, 6.07) is 0. The molecule has 4 nitrogen and oxygen atoms in total. The summed E-state index contributed by atoms with van der Waals surface area (Å²) in [4.78, 5) is 21.6. The molecule has 0 unspecified atom stereocenters. The van der Waals surface area contributed by atoms with Crippen LogP contribution in [0.5, 0.6) is 0 Å². The van der Waals surface area contributed by atoms with Gasteiger partial charge in [-0.3, -0.25) is 9.59 Å². The largest absolute Gasteiger partial charge is 0.461 e. The molecule has 0 atom stereocenters. The van der Waals surface area contributed by atoms with Crippen LogP contribution in [0.2, 0.25) is 0 Å². The third-order valence-electron chi connectivity index (χ3n) is 2.00. The van der Waals surface area contributed by atoms with Crippen LogP contribution >= 0.6 is 0 Å². The molecule has 0 aromatic carbocycles. The van der Waals surface area contributed by atoms with E-state index in [2.05, 4.69) is 0 Å². The quantitative estimate of drug-likeness (QED) is 0.410. The molecule has 0 radical (unpaired) electrons. The number of carbonyl (C=O) groups excluding carboxylic acids is 2. The van der Waals surface area contributed by atoms with E-state index in [1.54, 1.807) is 6.08 Å². The van der Waals surface area contributed by atoms with Crippen molar-refractivity contribution in [2.75, 3.05) is 6.61 Å². The maximum Gasteiger partial charge on any atom is 0.313 e. The minimum Gasteiger partial charge on any atom is -0.461 e. The fourth-order valence-corrected chi connectivity index (χ4v) is 1.08. The number of ether oxygens (including phenoxy) is 1. The highest BCUT2D eigenvalue weighted by Crippen LogP contribution is 2.02. The standard InChI is InChI=1S/C12H19NO3/c1-4-5-11(13)9(2)6-7-16-12(15)8-10(3)14/h6,13H,4-5,7-8H2,1-3H3/b9-6+,13-11?. The van der Waals surface area contributed by atoms with Gasteiger partial charge in [-0.1, -0.05) is 13.3 Å². The van der Waals surface area contributed by atoms with Gasteiger partial charge in [0.2, 0.25) is 0 Å². The van der Waals surface area contributed by atoms with Crippen LogP contribution in [0.1, 0.15) is 40.0 Å². The highest BCUT2D eigenvalue weighted by molar-refractivity contribution is 5.97. The Balaban J connectivity index is 3.95. The fourth-order valence-electron chi connectivity index (χ4n) is 1.08. The van der Waals surface area contributed by atoms with E-state index in [1.165, 1.54) is 6.92 Å². The van der Waals surface area contributed by atoms with E-state index in [0.29, 0.717) is 5.71 Å². The van der Waals surface area contributed by atoms with Crippen LogP contribution < -0.4 is 0 Å². The Morgan fingerprint density at radius 3 is 2.44 bits per heavy atom. The Hall–Kier alpha value is -1.45. The van der Waals surface area contributed by atoms with Crippen molar-refractivity contribution in [2.45, 2.75) is 40.0 Å². The molecule has 90 valence electrons. The summed E-state index contributed by atoms with van der Waals surface area (Å²) in [6.45, 7) is 5.30. The molecule has 0 heterocycles. The van der Waals surface area contributed by atoms with E-state index in [-0.39, 0.29) is 18.8 Å². The molecule has 0 aromatic heterocycles. The lowest BCUT2D eigenvalue weighted by Crippen LogP contribution is -2.09. The maximum atomic E-state index is 11.0. The predicted molar refractivity (Wildman–Crippen MR) is 62.6 cm³/mol. The summed E-state index contributed by atoms with van der Waals surface area (Å²) in [5, 5.41) is 7.63. The Labute approximate surface area is 96.2 Å². The van der Waals surface area contributed by atoms with Gasteiger partial charge in [0.25, 0.3) is 0 Å². The van der Waals surface area contributed by atoms with Crippen molar-refractivity contribution in [3.8, 4) is 0 Å². The topological polar surface area (TPSA) is 67.2 Å². The molecule has 4 heteroatoms. The first-order valence-corrected chi connectivity index (χ1v) is 5.37. The summed E-state index contributed by atoms with van der Waals surface area (Å²) >= 11 is 0. The molecule has 0 rings (SSSR count). The first kappa shape index (κ1) is 14.6. The van der Waals surface area contributed by atoms with Crippen molar-refractivity contribution in [3.63, 3.8) is 0 Å². The number of rotatable bonds is 7. The monoisotopic (exact) mass is 225 g/mol. The van der Waals surface area contributed by atoms with E-state index in [1.807, 2.05) is 13.8 Å². The molecule has 0 spiro atoms. The van der Waals surface area contributed by atoms with E-state index in [9.17, 15) is 9.59 Å². The van der Waals surface area contributed by atoms with Crippen molar-refractivity contribution in [1.29, 1.82) is 5.41 Å². The predicted octanol–water partition coefficient (Wildman–Crippen LogP) is 2.27. The lowest BCUT2D eigenvalue weighted by Gasteiger charge is -2.03. The average molecular weight is 225 g/mol. The van der Waals surface area contributed by atoms with Gasteiger partial charge >= 0.3 is 5.97 Å². The second-order valence-electron chi connectivity index (χ2n) is 3.68. The van der Waals surface area contributed by atoms with Crippen LogP contribution in [0.15, 0.2) is 11.6 Å². The number of hydrogen-bond donors (Lipinski definition) is 1. The fraction of sp³-hybridized carbons (Fsp3) is 0.583. The number of ketones is 1. The number of Topliss-reactive ketones (excluding diaryl/α,β-unsaturated/α-hetero) is 1. The van der Waals surface area contributed by atoms with Gasteiger partial charge in [0.05, 0.1) is 0 Å². The van der Waals surface area contributed by atoms with Gasteiger partial charge in [0, 0.05) is 5.71 Å². The van der Waals surface area contributed by atoms with Crippen LogP contribution in [-0.4, -0.2) is 24.1 Å². The first-order valence-electron chi connectivity index (χ1n) is 5.37. The normalized spacial score (nSPS) is 11.1. The van der Waals surface area contributed by atoms with Gasteiger partial charge in [0.15, 0.2) is 0 Å². The smallest absolute Gasteiger partial charge is 0.313 e. The third-order valence-corrected chi connectivity index (χ3v) is 2.00. The van der Waals surface area contributed by atoms with Crippen molar-refractivity contribution >= 4 is 17.5 Å². The lowest BCUT2D eigenvalue weighted by molar-refractivity contribution is -0.144. The molecule has 1 N–H and O–H groups in total. The van der Waals surface area contributed by atoms with Crippen molar-refractivity contribution in [2.24, 2.45) is 0 Å². The number of hydrogen-bond acceptors (Lipinski definition) is 4. The number of carbonyl (C=O) groups is 2. The number of allylic oxidation sites excluding steroid dienone is 1. The highest BCUT2D eigenvalue weighted by Gasteiger charge is 2.05. The van der Waals surface area contributed by atoms with Crippen LogP contribution in [-0.2, 0) is 14.3 Å². The van der Waals surface area contributed by atoms with Crippen molar-refractivity contribution in [1.82, 2.24) is 0 Å². The van der Waals surface area contributed by atoms with E-state index >= 15 is 0 Å². The second kappa shape index (κ2) is 7.79. The molecule has 0 bridgehead atoms. The maximum absolute atomic E-state index is 11.0. The molecule has 0 amide bonds. The zero-order chi connectivity index (χ0) is 12.6. The van der Waals surface area contributed by atoms with Crippen molar-refractivity contribution < 1.29 is 14.3 Å². The summed E-state index contributed by atoms with van der Waals surface area (Å²) in [6.07, 6.45) is 3.16. The van der Waals surface area contributed by atoms with Crippen LogP contribution in [0, 0.1) is 5.41 Å². The van der Waals surface area contributed by atoms with Gasteiger partial charge in [-0.25, -0.2) is 0 Å². The Morgan fingerprint density at radius 1 is 1.31 bits per heavy atom. The van der Waals surface area contributed by atoms with E-state index in [0.717, 1.165) is 18.4 Å². The van der Waals surface area contributed by atoms with E-state index < -0.39 is 5.97 Å². The van der Waals surface area contributed by atoms with Crippen LogP contribution in [0.3, 0.4) is 0 Å². The Bertz CT molecular complexity index is 305. The third kappa shape index (κ3) is 6.92. The summed E-state index contributed by atoms with van der Waals surface area (Å²) in [5.41, 5.74) is 1.38. The molecule has 16 heavy (non-hydrogen) atoms. The van der Waals surface area contributed by atoms with Gasteiger partial charge < -0.3 is 10.1 Å². The molecule has 0 aliphatic heterocycles. The zero-order valence-electron chi connectivity index (χ0n) is 10.1. The summed E-state index contributed by atoms with van der Waals surface area (Å²) in [7, 11) is 0. The summed E-state index contributed by atoms with van der Waals surface area (Å²) < 4.78 is 4.82. The van der Waals surface area contributed by atoms with Crippen LogP contribution in [0.4, 0.5) is 0 Å². The van der Waals surface area contributed by atoms with E-state index in [4.69, 9.17) is 10.1 Å². The molecule has 0 aliphatic rings. The molecular formula is C12H19NO3. The molecule has 0 saturated carbocycles. The van der Waals surface area contributed by atoms with Gasteiger partial charge in [0.1, 0.15) is 18.8 Å².